The topological polar surface area (TPSA) is 29.3 Å². The van der Waals surface area contributed by atoms with Crippen molar-refractivity contribution in [2.75, 3.05) is 13.6 Å². The smallest absolute Gasteiger partial charge is 0.195 e. The van der Waals surface area contributed by atoms with Gasteiger partial charge in [-0.2, -0.15) is 0 Å². The van der Waals surface area contributed by atoms with Crippen LogP contribution in [0.25, 0.3) is 4.96 Å². The van der Waals surface area contributed by atoms with Crippen LogP contribution in [0.15, 0.2) is 5.38 Å². The number of likely N-dealkylation sites (N-methyl/N-ethyl adjacent to an activating group) is 1. The van der Waals surface area contributed by atoms with Crippen LogP contribution in [-0.4, -0.2) is 23.0 Å². The summed E-state index contributed by atoms with van der Waals surface area (Å²) < 4.78 is 2.13. The highest BCUT2D eigenvalue weighted by atomic mass is 35.5. The molecule has 0 aliphatic heterocycles. The molecule has 0 amide bonds. The highest BCUT2D eigenvalue weighted by Crippen LogP contribution is 2.24. The molecular weight excluding hydrogens is 218 g/mol. The Morgan fingerprint density at radius 1 is 1.64 bits per heavy atom. The first-order valence-corrected chi connectivity index (χ1v) is 5.75. The fourth-order valence-corrected chi connectivity index (χ4v) is 2.69. The van der Waals surface area contributed by atoms with Gasteiger partial charge in [0.1, 0.15) is 0 Å². The summed E-state index contributed by atoms with van der Waals surface area (Å²) in [5.41, 5.74) is 2.31. The van der Waals surface area contributed by atoms with E-state index in [1.54, 1.807) is 11.3 Å². The number of nitrogens with one attached hydrogen (secondary N) is 1. The molecule has 2 aromatic rings. The predicted molar refractivity (Wildman–Crippen MR) is 60.4 cm³/mol. The number of imidazole rings is 1. The molecule has 0 radical (unpaired) electrons. The Labute approximate surface area is 91.7 Å². The van der Waals surface area contributed by atoms with Crippen LogP contribution in [-0.2, 0) is 6.42 Å². The molecule has 0 aliphatic rings. The summed E-state index contributed by atoms with van der Waals surface area (Å²) in [5.74, 6) is 0. The summed E-state index contributed by atoms with van der Waals surface area (Å²) in [4.78, 5) is 5.29. The van der Waals surface area contributed by atoms with Crippen LogP contribution in [0.3, 0.4) is 0 Å². The fourth-order valence-electron chi connectivity index (χ4n) is 1.50. The lowest BCUT2D eigenvalue weighted by Gasteiger charge is -2.00. The van der Waals surface area contributed by atoms with Gasteiger partial charge in [0.15, 0.2) is 10.1 Å². The largest absolute Gasteiger partial charge is 0.319 e. The maximum absolute atomic E-state index is 6.06. The van der Waals surface area contributed by atoms with Crippen molar-refractivity contribution in [3.63, 3.8) is 0 Å². The Kier molecular flexibility index (Phi) is 2.76. The fraction of sp³-hybridized carbons (Fsp3) is 0.444. The summed E-state index contributed by atoms with van der Waals surface area (Å²) >= 11 is 7.69. The first kappa shape index (κ1) is 9.96. The van der Waals surface area contributed by atoms with Crippen molar-refractivity contribution in [2.24, 2.45) is 0 Å². The summed E-state index contributed by atoms with van der Waals surface area (Å²) in [6, 6.07) is 0. The highest BCUT2D eigenvalue weighted by Gasteiger charge is 2.12. The van der Waals surface area contributed by atoms with Crippen LogP contribution < -0.4 is 5.32 Å². The number of rotatable bonds is 3. The predicted octanol–water partition coefficient (Wildman–Crippen LogP) is 2.12. The molecule has 0 atom stereocenters. The molecule has 3 nitrogen and oxygen atoms in total. The maximum Gasteiger partial charge on any atom is 0.195 e. The first-order chi connectivity index (χ1) is 6.74. The van der Waals surface area contributed by atoms with Crippen LogP contribution >= 0.6 is 22.9 Å². The quantitative estimate of drug-likeness (QED) is 0.874. The third-order valence-electron chi connectivity index (χ3n) is 2.19. The van der Waals surface area contributed by atoms with Crippen LogP contribution in [0.2, 0.25) is 5.15 Å². The van der Waals surface area contributed by atoms with Gasteiger partial charge in [-0.15, -0.1) is 11.3 Å². The third-order valence-corrected chi connectivity index (χ3v) is 3.44. The van der Waals surface area contributed by atoms with E-state index in [-0.39, 0.29) is 0 Å². The summed E-state index contributed by atoms with van der Waals surface area (Å²) in [6.07, 6.45) is 0.911. The molecule has 0 aromatic carbocycles. The van der Waals surface area contributed by atoms with Gasteiger partial charge in [0.2, 0.25) is 0 Å². The zero-order valence-electron chi connectivity index (χ0n) is 8.17. The lowest BCUT2D eigenvalue weighted by Crippen LogP contribution is -2.11. The Bertz CT molecular complexity index is 446. The van der Waals surface area contributed by atoms with Crippen molar-refractivity contribution in [3.8, 4) is 0 Å². The zero-order valence-corrected chi connectivity index (χ0v) is 9.74. The van der Waals surface area contributed by atoms with Gasteiger partial charge in [0, 0.05) is 24.0 Å². The average Bonchev–Trinajstić information content (AvgIpc) is 2.64. The van der Waals surface area contributed by atoms with Crippen molar-refractivity contribution in [2.45, 2.75) is 13.3 Å². The molecule has 0 unspecified atom stereocenters. The molecule has 76 valence electrons. The SMILES string of the molecule is CNCCc1c(Cl)nc2scc(C)n12. The van der Waals surface area contributed by atoms with Gasteiger partial charge in [-0.1, -0.05) is 11.6 Å². The van der Waals surface area contributed by atoms with Crippen molar-refractivity contribution < 1.29 is 0 Å². The number of hydrogen-bond acceptors (Lipinski definition) is 3. The molecule has 0 saturated carbocycles. The molecule has 0 spiro atoms. The minimum atomic E-state index is 0.634. The van der Waals surface area contributed by atoms with Crippen molar-refractivity contribution in [1.29, 1.82) is 0 Å². The Hall–Kier alpha value is -0.580. The van der Waals surface area contributed by atoms with Gasteiger partial charge in [0.05, 0.1) is 5.69 Å². The van der Waals surface area contributed by atoms with Gasteiger partial charge >= 0.3 is 0 Å². The molecule has 2 aromatic heterocycles. The van der Waals surface area contributed by atoms with Crippen LogP contribution in [0.4, 0.5) is 0 Å². The van der Waals surface area contributed by atoms with Gasteiger partial charge in [0.25, 0.3) is 0 Å². The number of fused-ring (bicyclic) bond motifs is 1. The second-order valence-corrected chi connectivity index (χ2v) is 4.39. The van der Waals surface area contributed by atoms with E-state index < -0.39 is 0 Å². The minimum absolute atomic E-state index is 0.634. The van der Waals surface area contributed by atoms with E-state index in [9.17, 15) is 0 Å². The van der Waals surface area contributed by atoms with Crippen LogP contribution in [0, 0.1) is 6.92 Å². The van der Waals surface area contributed by atoms with E-state index >= 15 is 0 Å². The van der Waals surface area contributed by atoms with Crippen LogP contribution in [0.5, 0.6) is 0 Å². The van der Waals surface area contributed by atoms with E-state index in [2.05, 4.69) is 27.0 Å². The Morgan fingerprint density at radius 3 is 3.14 bits per heavy atom. The molecule has 5 heteroatoms. The average molecular weight is 230 g/mol. The number of thiazole rings is 1. The van der Waals surface area contributed by atoms with Gasteiger partial charge in [-0.3, -0.25) is 4.40 Å². The molecule has 1 N–H and O–H groups in total. The number of nitrogens with zero attached hydrogens (tertiary/aromatic N) is 2. The van der Waals surface area contributed by atoms with Crippen LogP contribution in [0.1, 0.15) is 11.4 Å². The van der Waals surface area contributed by atoms with E-state index in [0.29, 0.717) is 5.15 Å². The molecular formula is C9H12ClN3S. The second kappa shape index (κ2) is 3.88. The number of halogens is 1. The summed E-state index contributed by atoms with van der Waals surface area (Å²) in [7, 11) is 1.94. The second-order valence-electron chi connectivity index (χ2n) is 3.20. The molecule has 0 fully saturated rings. The molecule has 14 heavy (non-hydrogen) atoms. The van der Waals surface area contributed by atoms with Gasteiger partial charge in [-0.25, -0.2) is 4.98 Å². The lowest BCUT2D eigenvalue weighted by molar-refractivity contribution is 0.769. The maximum atomic E-state index is 6.06. The molecule has 0 bridgehead atoms. The monoisotopic (exact) mass is 229 g/mol. The first-order valence-electron chi connectivity index (χ1n) is 4.49. The Morgan fingerprint density at radius 2 is 2.43 bits per heavy atom. The molecule has 2 heterocycles. The zero-order chi connectivity index (χ0) is 10.1. The molecule has 0 aliphatic carbocycles. The lowest BCUT2D eigenvalue weighted by atomic mass is 10.3. The van der Waals surface area contributed by atoms with E-state index in [1.807, 2.05) is 7.05 Å². The standard InChI is InChI=1S/C9H12ClN3S/c1-6-5-14-9-12-8(10)7(13(6)9)3-4-11-2/h5,11H,3-4H2,1-2H3. The number of aromatic nitrogens is 2. The van der Waals surface area contributed by atoms with Gasteiger partial charge in [-0.05, 0) is 14.0 Å². The van der Waals surface area contributed by atoms with Gasteiger partial charge < -0.3 is 5.32 Å². The molecule has 2 rings (SSSR count). The van der Waals surface area contributed by atoms with E-state index in [4.69, 9.17) is 11.6 Å². The van der Waals surface area contributed by atoms with E-state index in [1.165, 1.54) is 5.69 Å². The third kappa shape index (κ3) is 1.54. The van der Waals surface area contributed by atoms with Crippen molar-refractivity contribution >= 4 is 27.9 Å². The Balaban J connectivity index is 2.48. The highest BCUT2D eigenvalue weighted by molar-refractivity contribution is 7.15. The van der Waals surface area contributed by atoms with E-state index in [0.717, 1.165) is 23.6 Å². The normalized spacial score (nSPS) is 11.4. The number of hydrogen-bond donors (Lipinski definition) is 1. The molecule has 0 saturated heterocycles. The minimum Gasteiger partial charge on any atom is -0.319 e. The summed E-state index contributed by atoms with van der Waals surface area (Å²) in [5, 5.41) is 5.85. The number of aryl methyl sites for hydroxylation is 1. The van der Waals surface area contributed by atoms with Crippen molar-refractivity contribution in [3.05, 3.63) is 21.9 Å². The van der Waals surface area contributed by atoms with Crippen molar-refractivity contribution in [1.82, 2.24) is 14.7 Å². The summed E-state index contributed by atoms with van der Waals surface area (Å²) in [6.45, 7) is 2.99.